The zero-order chi connectivity index (χ0) is 20.6. The van der Waals surface area contributed by atoms with E-state index in [0.29, 0.717) is 17.1 Å². The number of nitrogens with one attached hydrogen (secondary N) is 2. The SMILES string of the molecule is CCN(CC)CCC[C@@H](C)NS(=O)(=O)CCNC(=O)c1ccc2c(c1)OCO2. The van der Waals surface area contributed by atoms with Gasteiger partial charge >= 0.3 is 0 Å². The van der Waals surface area contributed by atoms with E-state index in [1.165, 1.54) is 0 Å². The van der Waals surface area contributed by atoms with Crippen molar-refractivity contribution in [2.45, 2.75) is 39.7 Å². The summed E-state index contributed by atoms with van der Waals surface area (Å²) in [7, 11) is -3.45. The van der Waals surface area contributed by atoms with Crippen LogP contribution in [-0.2, 0) is 10.0 Å². The van der Waals surface area contributed by atoms with Crippen LogP contribution in [0.3, 0.4) is 0 Å². The minimum atomic E-state index is -3.45. The van der Waals surface area contributed by atoms with Crippen molar-refractivity contribution in [2.75, 3.05) is 38.7 Å². The molecule has 1 atom stereocenters. The summed E-state index contributed by atoms with van der Waals surface area (Å²) in [6.07, 6.45) is 1.71. The van der Waals surface area contributed by atoms with Crippen LogP contribution in [0.4, 0.5) is 0 Å². The topological polar surface area (TPSA) is 97.0 Å². The van der Waals surface area contributed by atoms with Crippen molar-refractivity contribution >= 4 is 15.9 Å². The van der Waals surface area contributed by atoms with Crippen LogP contribution < -0.4 is 19.5 Å². The van der Waals surface area contributed by atoms with Crippen LogP contribution in [0.5, 0.6) is 11.5 Å². The number of ether oxygens (including phenoxy) is 2. The zero-order valence-corrected chi connectivity index (χ0v) is 17.7. The van der Waals surface area contributed by atoms with Gasteiger partial charge < -0.3 is 19.7 Å². The number of hydrogen-bond acceptors (Lipinski definition) is 6. The van der Waals surface area contributed by atoms with Crippen LogP contribution in [0.25, 0.3) is 0 Å². The molecule has 0 bridgehead atoms. The van der Waals surface area contributed by atoms with Gasteiger partial charge in [-0.3, -0.25) is 4.79 Å². The van der Waals surface area contributed by atoms with E-state index in [4.69, 9.17) is 9.47 Å². The van der Waals surface area contributed by atoms with Crippen LogP contribution in [-0.4, -0.2) is 64.0 Å². The van der Waals surface area contributed by atoms with Crippen molar-refractivity contribution in [1.29, 1.82) is 0 Å². The van der Waals surface area contributed by atoms with Crippen LogP contribution >= 0.6 is 0 Å². The molecule has 9 heteroatoms. The van der Waals surface area contributed by atoms with Crippen LogP contribution in [0.15, 0.2) is 18.2 Å². The third-order valence-corrected chi connectivity index (χ3v) is 6.18. The molecule has 0 radical (unpaired) electrons. The van der Waals surface area contributed by atoms with Gasteiger partial charge in [-0.05, 0) is 57.6 Å². The van der Waals surface area contributed by atoms with Gasteiger partial charge in [0.2, 0.25) is 16.8 Å². The van der Waals surface area contributed by atoms with Crippen molar-refractivity contribution in [3.63, 3.8) is 0 Å². The fraction of sp³-hybridized carbons (Fsp3) is 0.632. The number of carbonyl (C=O) groups is 1. The summed E-state index contributed by atoms with van der Waals surface area (Å²) in [5, 5.41) is 2.63. The highest BCUT2D eigenvalue weighted by Gasteiger charge is 2.18. The summed E-state index contributed by atoms with van der Waals surface area (Å²) in [5.41, 5.74) is 0.402. The number of benzene rings is 1. The number of nitrogens with zero attached hydrogens (tertiary/aromatic N) is 1. The summed E-state index contributed by atoms with van der Waals surface area (Å²) < 4.78 is 37.6. The Balaban J connectivity index is 1.71. The van der Waals surface area contributed by atoms with E-state index in [1.807, 2.05) is 6.92 Å². The molecule has 158 valence electrons. The molecule has 0 fully saturated rings. The second-order valence-electron chi connectivity index (χ2n) is 6.83. The molecule has 0 saturated carbocycles. The van der Waals surface area contributed by atoms with Crippen molar-refractivity contribution in [1.82, 2.24) is 14.9 Å². The van der Waals surface area contributed by atoms with Crippen molar-refractivity contribution < 1.29 is 22.7 Å². The Labute approximate surface area is 167 Å². The minimum Gasteiger partial charge on any atom is -0.454 e. The molecule has 0 unspecified atom stereocenters. The lowest BCUT2D eigenvalue weighted by molar-refractivity contribution is 0.0955. The maximum Gasteiger partial charge on any atom is 0.251 e. The molecule has 0 saturated heterocycles. The highest BCUT2D eigenvalue weighted by Crippen LogP contribution is 2.32. The van der Waals surface area contributed by atoms with Gasteiger partial charge in [-0.2, -0.15) is 0 Å². The zero-order valence-electron chi connectivity index (χ0n) is 16.9. The van der Waals surface area contributed by atoms with E-state index < -0.39 is 10.0 Å². The second-order valence-corrected chi connectivity index (χ2v) is 8.70. The van der Waals surface area contributed by atoms with E-state index in [0.717, 1.165) is 32.5 Å². The summed E-state index contributed by atoms with van der Waals surface area (Å²) in [4.78, 5) is 14.5. The highest BCUT2D eigenvalue weighted by molar-refractivity contribution is 7.89. The fourth-order valence-electron chi connectivity index (χ4n) is 3.02. The lowest BCUT2D eigenvalue weighted by Crippen LogP contribution is -2.38. The van der Waals surface area contributed by atoms with Crippen molar-refractivity contribution in [2.24, 2.45) is 0 Å². The van der Waals surface area contributed by atoms with Crippen molar-refractivity contribution in [3.8, 4) is 11.5 Å². The molecule has 0 aliphatic carbocycles. The first-order valence-electron chi connectivity index (χ1n) is 9.74. The van der Waals surface area contributed by atoms with Gasteiger partial charge in [0.1, 0.15) is 0 Å². The molecule has 1 aliphatic heterocycles. The standard InChI is InChI=1S/C19H31N3O5S/c1-4-22(5-2)11-6-7-15(3)21-28(24,25)12-10-20-19(23)16-8-9-17-18(13-16)27-14-26-17/h8-9,13,15,21H,4-7,10-12,14H2,1-3H3,(H,20,23)/t15-/m1/s1. The van der Waals surface area contributed by atoms with Crippen molar-refractivity contribution in [3.05, 3.63) is 23.8 Å². The van der Waals surface area contributed by atoms with E-state index in [2.05, 4.69) is 28.8 Å². The second kappa shape index (κ2) is 10.6. The maximum absolute atomic E-state index is 12.2. The fourth-order valence-corrected chi connectivity index (χ4v) is 4.24. The van der Waals surface area contributed by atoms with Gasteiger partial charge in [-0.25, -0.2) is 13.1 Å². The normalized spacial score (nSPS) is 14.3. The Hall–Kier alpha value is -1.84. The number of fused-ring (bicyclic) bond motifs is 1. The summed E-state index contributed by atoms with van der Waals surface area (Å²) >= 11 is 0. The predicted molar refractivity (Wildman–Crippen MR) is 108 cm³/mol. The molecule has 1 aliphatic rings. The lowest BCUT2D eigenvalue weighted by atomic mass is 10.2. The predicted octanol–water partition coefficient (Wildman–Crippen LogP) is 1.57. The highest BCUT2D eigenvalue weighted by atomic mass is 32.2. The number of sulfonamides is 1. The molecule has 28 heavy (non-hydrogen) atoms. The molecule has 2 rings (SSSR count). The molecule has 1 aromatic rings. The summed E-state index contributed by atoms with van der Waals surface area (Å²) in [6.45, 7) is 9.24. The van der Waals surface area contributed by atoms with E-state index in [1.54, 1.807) is 18.2 Å². The van der Waals surface area contributed by atoms with E-state index in [-0.39, 0.29) is 31.0 Å². The first-order valence-corrected chi connectivity index (χ1v) is 11.4. The monoisotopic (exact) mass is 413 g/mol. The molecule has 1 heterocycles. The average Bonchev–Trinajstić information content (AvgIpc) is 3.12. The first-order chi connectivity index (χ1) is 13.3. The largest absolute Gasteiger partial charge is 0.454 e. The van der Waals surface area contributed by atoms with Gasteiger partial charge in [0.25, 0.3) is 5.91 Å². The van der Waals surface area contributed by atoms with E-state index >= 15 is 0 Å². The van der Waals surface area contributed by atoms with Gasteiger partial charge in [-0.1, -0.05) is 13.8 Å². The Bertz CT molecular complexity index is 750. The quantitative estimate of drug-likeness (QED) is 0.540. The third kappa shape index (κ3) is 6.96. The van der Waals surface area contributed by atoms with Gasteiger partial charge in [0, 0.05) is 18.2 Å². The molecular formula is C19H31N3O5S. The molecule has 8 nitrogen and oxygen atoms in total. The summed E-state index contributed by atoms with van der Waals surface area (Å²) in [5.74, 6) is 0.600. The molecule has 0 aromatic heterocycles. The van der Waals surface area contributed by atoms with Crippen LogP contribution in [0.2, 0.25) is 0 Å². The smallest absolute Gasteiger partial charge is 0.251 e. The Morgan fingerprint density at radius 1 is 1.21 bits per heavy atom. The number of carbonyl (C=O) groups excluding carboxylic acids is 1. The van der Waals surface area contributed by atoms with Crippen LogP contribution in [0.1, 0.15) is 44.0 Å². The molecular weight excluding hydrogens is 382 g/mol. The number of hydrogen-bond donors (Lipinski definition) is 2. The Kier molecular flexibility index (Phi) is 8.53. The lowest BCUT2D eigenvalue weighted by Gasteiger charge is -2.19. The third-order valence-electron chi connectivity index (χ3n) is 4.68. The van der Waals surface area contributed by atoms with Gasteiger partial charge in [0.05, 0.1) is 5.75 Å². The number of amides is 1. The van der Waals surface area contributed by atoms with Crippen LogP contribution in [0, 0.1) is 0 Å². The molecule has 0 spiro atoms. The Morgan fingerprint density at radius 3 is 2.64 bits per heavy atom. The summed E-state index contributed by atoms with van der Waals surface area (Å²) in [6, 6.07) is 4.73. The Morgan fingerprint density at radius 2 is 1.93 bits per heavy atom. The molecule has 1 aromatic carbocycles. The number of rotatable bonds is 12. The van der Waals surface area contributed by atoms with Gasteiger partial charge in [0.15, 0.2) is 11.5 Å². The molecule has 1 amide bonds. The van der Waals surface area contributed by atoms with E-state index in [9.17, 15) is 13.2 Å². The average molecular weight is 414 g/mol. The van der Waals surface area contributed by atoms with Gasteiger partial charge in [-0.15, -0.1) is 0 Å². The first kappa shape index (κ1) is 22.4. The maximum atomic E-state index is 12.2. The minimum absolute atomic E-state index is 0.0365. The molecule has 2 N–H and O–H groups in total.